The molecule has 0 saturated carbocycles. The second kappa shape index (κ2) is 24.5. The van der Waals surface area contributed by atoms with Crippen LogP contribution < -0.4 is 10.6 Å². The van der Waals surface area contributed by atoms with Crippen molar-refractivity contribution in [2.75, 3.05) is 50.3 Å². The van der Waals surface area contributed by atoms with Crippen molar-refractivity contribution >= 4 is 23.6 Å². The summed E-state index contributed by atoms with van der Waals surface area (Å²) >= 11 is 0. The van der Waals surface area contributed by atoms with Crippen molar-refractivity contribution in [3.63, 3.8) is 0 Å². The number of rotatable bonds is 24. The standard InChI is InChI=1S/C32H58N4O4/c1-5-9-11-13-15-17-19-24-35(7-3)27-39-31(37)33-29-22-21-23-30(26-29)34-32(38)40-28-36(8-4)25-20-18-16-14-12-10-6-2/h21-23,26H,5-20,24-25,27-28H2,1-4H3,(H,33,37)(H,34,38). The Labute approximate surface area is 244 Å². The number of benzene rings is 1. The highest BCUT2D eigenvalue weighted by Crippen LogP contribution is 2.16. The first-order valence-electron chi connectivity index (χ1n) is 15.9. The molecule has 1 rings (SSSR count). The molecule has 0 saturated heterocycles. The maximum absolute atomic E-state index is 12.3. The highest BCUT2D eigenvalue weighted by atomic mass is 16.6. The normalized spacial score (nSPS) is 11.2. The molecule has 0 bridgehead atoms. The molecule has 0 aliphatic heterocycles. The van der Waals surface area contributed by atoms with Crippen LogP contribution in [0.2, 0.25) is 0 Å². The topological polar surface area (TPSA) is 83.1 Å². The molecule has 0 aliphatic carbocycles. The van der Waals surface area contributed by atoms with Gasteiger partial charge in [-0.25, -0.2) is 9.59 Å². The van der Waals surface area contributed by atoms with Crippen LogP contribution in [0.1, 0.15) is 118 Å². The zero-order valence-corrected chi connectivity index (χ0v) is 26.0. The minimum absolute atomic E-state index is 0.259. The van der Waals surface area contributed by atoms with E-state index in [1.54, 1.807) is 24.3 Å². The molecule has 0 heterocycles. The van der Waals surface area contributed by atoms with Gasteiger partial charge in [0.05, 0.1) is 0 Å². The van der Waals surface area contributed by atoms with E-state index in [4.69, 9.17) is 9.47 Å². The lowest BCUT2D eigenvalue weighted by Gasteiger charge is -2.20. The third-order valence-electron chi connectivity index (χ3n) is 7.16. The van der Waals surface area contributed by atoms with E-state index in [-0.39, 0.29) is 13.5 Å². The smallest absolute Gasteiger partial charge is 0.412 e. The highest BCUT2D eigenvalue weighted by Gasteiger charge is 2.10. The predicted octanol–water partition coefficient (Wildman–Crippen LogP) is 8.84. The summed E-state index contributed by atoms with van der Waals surface area (Å²) in [6.07, 6.45) is 16.6. The predicted molar refractivity (Wildman–Crippen MR) is 167 cm³/mol. The number of anilines is 2. The van der Waals surface area contributed by atoms with Gasteiger partial charge in [0, 0.05) is 24.5 Å². The molecule has 0 aliphatic rings. The summed E-state index contributed by atoms with van der Waals surface area (Å²) in [5.41, 5.74) is 1.10. The Kier molecular flexibility index (Phi) is 21.8. The summed E-state index contributed by atoms with van der Waals surface area (Å²) in [6, 6.07) is 6.97. The average molecular weight is 563 g/mol. The van der Waals surface area contributed by atoms with Crippen molar-refractivity contribution < 1.29 is 19.1 Å². The van der Waals surface area contributed by atoms with Crippen LogP contribution >= 0.6 is 0 Å². The third-order valence-corrected chi connectivity index (χ3v) is 7.16. The van der Waals surface area contributed by atoms with Crippen LogP contribution in [-0.2, 0) is 9.47 Å². The number of unbranched alkanes of at least 4 members (excludes halogenated alkanes) is 12. The van der Waals surface area contributed by atoms with E-state index in [0.29, 0.717) is 11.4 Å². The van der Waals surface area contributed by atoms with Crippen LogP contribution in [0, 0.1) is 0 Å². The van der Waals surface area contributed by atoms with Crippen molar-refractivity contribution in [2.45, 2.75) is 118 Å². The van der Waals surface area contributed by atoms with E-state index in [0.717, 1.165) is 39.0 Å². The number of amides is 2. The maximum Gasteiger partial charge on any atom is 0.412 e. The van der Waals surface area contributed by atoms with Crippen molar-refractivity contribution in [3.05, 3.63) is 24.3 Å². The number of ether oxygens (including phenoxy) is 2. The molecule has 230 valence electrons. The minimum atomic E-state index is -0.512. The summed E-state index contributed by atoms with van der Waals surface area (Å²) in [5.74, 6) is 0. The molecular formula is C32H58N4O4. The van der Waals surface area contributed by atoms with E-state index in [9.17, 15) is 9.59 Å². The van der Waals surface area contributed by atoms with Gasteiger partial charge in [-0.05, 0) is 44.1 Å². The molecule has 8 heteroatoms. The van der Waals surface area contributed by atoms with Gasteiger partial charge in [-0.1, -0.05) is 111 Å². The number of carbonyl (C=O) groups is 2. The summed E-state index contributed by atoms with van der Waals surface area (Å²) in [4.78, 5) is 29.0. The Balaban J connectivity index is 2.30. The lowest BCUT2D eigenvalue weighted by molar-refractivity contribution is 0.0794. The lowest BCUT2D eigenvalue weighted by Crippen LogP contribution is -2.30. The van der Waals surface area contributed by atoms with Gasteiger partial charge in [-0.2, -0.15) is 0 Å². The molecule has 0 radical (unpaired) electrons. The fourth-order valence-electron chi connectivity index (χ4n) is 4.50. The quantitative estimate of drug-likeness (QED) is 0.0967. The fraction of sp³-hybridized carbons (Fsp3) is 0.750. The van der Waals surface area contributed by atoms with Gasteiger partial charge in [-0.3, -0.25) is 20.4 Å². The Hall–Kier alpha value is -2.32. The highest BCUT2D eigenvalue weighted by molar-refractivity contribution is 5.88. The summed E-state index contributed by atoms with van der Waals surface area (Å²) in [7, 11) is 0. The van der Waals surface area contributed by atoms with E-state index >= 15 is 0 Å². The largest absolute Gasteiger partial charge is 0.433 e. The Bertz CT molecular complexity index is 718. The second-order valence-corrected chi connectivity index (χ2v) is 10.6. The first kappa shape index (κ1) is 35.7. The molecule has 1 aromatic carbocycles. The first-order chi connectivity index (χ1) is 19.5. The van der Waals surface area contributed by atoms with Gasteiger partial charge in [0.15, 0.2) is 0 Å². The molecule has 2 N–H and O–H groups in total. The molecule has 0 spiro atoms. The van der Waals surface area contributed by atoms with Gasteiger partial charge in [0.25, 0.3) is 0 Å². The number of carbonyl (C=O) groups excluding carboxylic acids is 2. The Morgan fingerprint density at radius 1 is 0.600 bits per heavy atom. The van der Waals surface area contributed by atoms with Gasteiger partial charge < -0.3 is 9.47 Å². The monoisotopic (exact) mass is 562 g/mol. The molecule has 2 amide bonds. The van der Waals surface area contributed by atoms with Crippen molar-refractivity contribution in [1.29, 1.82) is 0 Å². The molecule has 8 nitrogen and oxygen atoms in total. The van der Waals surface area contributed by atoms with Crippen LogP contribution in [-0.4, -0.2) is 61.6 Å². The Morgan fingerprint density at radius 3 is 1.35 bits per heavy atom. The molecule has 0 atom stereocenters. The van der Waals surface area contributed by atoms with Gasteiger partial charge in [0.1, 0.15) is 13.5 Å². The van der Waals surface area contributed by atoms with Gasteiger partial charge in [0.2, 0.25) is 0 Å². The van der Waals surface area contributed by atoms with Crippen LogP contribution in [0.25, 0.3) is 0 Å². The number of hydrogen-bond acceptors (Lipinski definition) is 6. The van der Waals surface area contributed by atoms with E-state index in [2.05, 4.69) is 48.1 Å². The van der Waals surface area contributed by atoms with Crippen LogP contribution in [0.4, 0.5) is 21.0 Å². The summed E-state index contributed by atoms with van der Waals surface area (Å²) < 4.78 is 10.9. The minimum Gasteiger partial charge on any atom is -0.433 e. The SMILES string of the molecule is CCCCCCCCCN(CC)COC(=O)Nc1cccc(NC(=O)OCN(CC)CCCCCCCCC)c1. The molecule has 0 fully saturated rings. The average Bonchev–Trinajstić information content (AvgIpc) is 2.95. The van der Waals surface area contributed by atoms with E-state index in [1.165, 1.54) is 77.0 Å². The van der Waals surface area contributed by atoms with Crippen molar-refractivity contribution in [2.24, 2.45) is 0 Å². The zero-order chi connectivity index (χ0) is 29.3. The third kappa shape index (κ3) is 18.9. The van der Waals surface area contributed by atoms with Crippen LogP contribution in [0.5, 0.6) is 0 Å². The van der Waals surface area contributed by atoms with Crippen LogP contribution in [0.15, 0.2) is 24.3 Å². The molecule has 1 aromatic rings. The lowest BCUT2D eigenvalue weighted by atomic mass is 10.1. The Morgan fingerprint density at radius 2 is 0.975 bits per heavy atom. The van der Waals surface area contributed by atoms with Gasteiger partial charge >= 0.3 is 12.2 Å². The maximum atomic E-state index is 12.3. The van der Waals surface area contributed by atoms with Crippen LogP contribution in [0.3, 0.4) is 0 Å². The summed E-state index contributed by atoms with van der Waals surface area (Å²) in [5, 5.41) is 5.49. The summed E-state index contributed by atoms with van der Waals surface area (Å²) in [6.45, 7) is 12.7. The van der Waals surface area contributed by atoms with Gasteiger partial charge in [-0.15, -0.1) is 0 Å². The molecule has 0 aromatic heterocycles. The number of hydrogen-bond donors (Lipinski definition) is 2. The molecule has 0 unspecified atom stereocenters. The van der Waals surface area contributed by atoms with E-state index in [1.807, 2.05) is 0 Å². The second-order valence-electron chi connectivity index (χ2n) is 10.6. The van der Waals surface area contributed by atoms with Crippen molar-refractivity contribution in [3.8, 4) is 0 Å². The molecular weight excluding hydrogens is 504 g/mol. The fourth-order valence-corrected chi connectivity index (χ4v) is 4.50. The molecule has 40 heavy (non-hydrogen) atoms. The van der Waals surface area contributed by atoms with Crippen molar-refractivity contribution in [1.82, 2.24) is 9.80 Å². The number of nitrogens with one attached hydrogen (secondary N) is 2. The first-order valence-corrected chi connectivity index (χ1v) is 15.9. The zero-order valence-electron chi connectivity index (χ0n) is 26.0. The number of nitrogens with zero attached hydrogens (tertiary/aromatic N) is 2. The van der Waals surface area contributed by atoms with E-state index < -0.39 is 12.2 Å².